The fourth-order valence-corrected chi connectivity index (χ4v) is 4.61. The summed E-state index contributed by atoms with van der Waals surface area (Å²) in [5.41, 5.74) is 8.07. The van der Waals surface area contributed by atoms with Crippen molar-refractivity contribution < 1.29 is 9.18 Å². The summed E-state index contributed by atoms with van der Waals surface area (Å²) in [4.78, 5) is 17.5. The van der Waals surface area contributed by atoms with Crippen molar-refractivity contribution in [3.63, 3.8) is 0 Å². The van der Waals surface area contributed by atoms with Gasteiger partial charge in [0.25, 0.3) is 5.91 Å². The fraction of sp³-hybridized carbons (Fsp3) is 0.227. The average molecular weight is 424 g/mol. The maximum Gasteiger partial charge on any atom is 0.259 e. The van der Waals surface area contributed by atoms with Gasteiger partial charge in [-0.15, -0.1) is 0 Å². The van der Waals surface area contributed by atoms with E-state index >= 15 is 0 Å². The minimum absolute atomic E-state index is 0.313. The third-order valence-corrected chi connectivity index (χ3v) is 6.03. The predicted molar refractivity (Wildman–Crippen MR) is 119 cm³/mol. The van der Waals surface area contributed by atoms with Crippen molar-refractivity contribution in [3.05, 3.63) is 71.7 Å². The third-order valence-electron chi connectivity index (χ3n) is 5.23. The third kappa shape index (κ3) is 3.82. The number of hydrogen-bond donors (Lipinski definition) is 2. The quantitative estimate of drug-likeness (QED) is 0.660. The van der Waals surface area contributed by atoms with Crippen LogP contribution in [0, 0.1) is 5.82 Å². The van der Waals surface area contributed by atoms with Crippen LogP contribution in [-0.4, -0.2) is 26.6 Å². The summed E-state index contributed by atoms with van der Waals surface area (Å²) in [7, 11) is 1.79. The lowest BCUT2D eigenvalue weighted by molar-refractivity contribution is 0.102. The maximum atomic E-state index is 14.6. The molecule has 8 heteroatoms. The number of aliphatic imine (C=N–C) groups is 1. The van der Waals surface area contributed by atoms with Gasteiger partial charge in [-0.1, -0.05) is 42.1 Å². The molecule has 0 radical (unpaired) electrons. The van der Waals surface area contributed by atoms with Gasteiger partial charge >= 0.3 is 0 Å². The second-order valence-corrected chi connectivity index (χ2v) is 8.48. The van der Waals surface area contributed by atoms with Crippen LogP contribution in [0.4, 0.5) is 10.1 Å². The molecule has 2 aromatic carbocycles. The van der Waals surface area contributed by atoms with E-state index in [0.29, 0.717) is 34.1 Å². The van der Waals surface area contributed by atoms with Crippen LogP contribution >= 0.6 is 11.8 Å². The monoisotopic (exact) mass is 423 g/mol. The Morgan fingerprint density at radius 2 is 2.03 bits per heavy atom. The van der Waals surface area contributed by atoms with Crippen LogP contribution < -0.4 is 11.1 Å². The normalized spacial score (nSPS) is 18.7. The molecule has 0 fully saturated rings. The topological polar surface area (TPSA) is 85.3 Å². The molecule has 0 spiro atoms. The number of amides is 1. The lowest BCUT2D eigenvalue weighted by Crippen LogP contribution is -2.29. The first-order valence-corrected chi connectivity index (χ1v) is 10.5. The molecule has 1 atom stereocenters. The number of rotatable bonds is 4. The molecule has 3 aromatic rings. The Hall–Kier alpha value is -3.13. The van der Waals surface area contributed by atoms with E-state index in [0.717, 1.165) is 11.3 Å². The minimum Gasteiger partial charge on any atom is -0.379 e. The zero-order valence-electron chi connectivity index (χ0n) is 16.7. The van der Waals surface area contributed by atoms with E-state index < -0.39 is 5.54 Å². The van der Waals surface area contributed by atoms with Gasteiger partial charge in [0.2, 0.25) is 0 Å². The highest BCUT2D eigenvalue weighted by molar-refractivity contribution is 8.13. The van der Waals surface area contributed by atoms with Crippen LogP contribution in [0.2, 0.25) is 0 Å². The highest BCUT2D eigenvalue weighted by Gasteiger charge is 2.32. The molecule has 1 aliphatic rings. The van der Waals surface area contributed by atoms with Crippen LogP contribution in [0.25, 0.3) is 11.3 Å². The van der Waals surface area contributed by atoms with E-state index in [4.69, 9.17) is 5.73 Å². The molecule has 0 aliphatic carbocycles. The van der Waals surface area contributed by atoms with Crippen molar-refractivity contribution in [2.45, 2.75) is 18.9 Å². The van der Waals surface area contributed by atoms with Crippen molar-refractivity contribution in [2.24, 2.45) is 17.8 Å². The first kappa shape index (κ1) is 20.2. The first-order valence-electron chi connectivity index (χ1n) is 9.54. The van der Waals surface area contributed by atoms with Crippen LogP contribution in [0.15, 0.2) is 59.7 Å². The Morgan fingerprint density at radius 1 is 1.27 bits per heavy atom. The van der Waals surface area contributed by atoms with Crippen molar-refractivity contribution >= 4 is 28.5 Å². The molecule has 1 unspecified atom stereocenters. The summed E-state index contributed by atoms with van der Waals surface area (Å²) in [5, 5.41) is 7.56. The molecule has 1 amide bonds. The first-order chi connectivity index (χ1) is 14.4. The second kappa shape index (κ2) is 7.95. The van der Waals surface area contributed by atoms with Gasteiger partial charge in [-0.25, -0.2) is 4.39 Å². The van der Waals surface area contributed by atoms with Crippen LogP contribution in [-0.2, 0) is 12.6 Å². The summed E-state index contributed by atoms with van der Waals surface area (Å²) in [6, 6.07) is 14.1. The van der Waals surface area contributed by atoms with E-state index in [1.807, 2.05) is 37.3 Å². The summed E-state index contributed by atoms with van der Waals surface area (Å²) < 4.78 is 16.3. The van der Waals surface area contributed by atoms with Crippen molar-refractivity contribution in [2.75, 3.05) is 11.1 Å². The number of hydrogen-bond acceptors (Lipinski definition) is 5. The van der Waals surface area contributed by atoms with E-state index in [9.17, 15) is 9.18 Å². The van der Waals surface area contributed by atoms with Crippen LogP contribution in [0.3, 0.4) is 0 Å². The number of carbonyl (C=O) groups is 1. The number of nitrogens with zero attached hydrogens (tertiary/aromatic N) is 3. The number of benzene rings is 2. The maximum absolute atomic E-state index is 14.6. The van der Waals surface area contributed by atoms with Crippen LogP contribution in [0.5, 0.6) is 0 Å². The Balaban J connectivity index is 1.65. The van der Waals surface area contributed by atoms with Gasteiger partial charge in [0.05, 0.1) is 23.0 Å². The number of halogens is 1. The van der Waals surface area contributed by atoms with Gasteiger partial charge < -0.3 is 11.1 Å². The summed E-state index contributed by atoms with van der Waals surface area (Å²) in [6.07, 6.45) is 2.19. The van der Waals surface area contributed by atoms with Gasteiger partial charge in [-0.2, -0.15) is 5.10 Å². The highest BCUT2D eigenvalue weighted by atomic mass is 32.2. The second-order valence-electron chi connectivity index (χ2n) is 7.37. The van der Waals surface area contributed by atoms with Crippen LogP contribution in [0.1, 0.15) is 29.3 Å². The smallest absolute Gasteiger partial charge is 0.259 e. The lowest BCUT2D eigenvalue weighted by atomic mass is 9.89. The molecule has 6 nitrogen and oxygen atoms in total. The Bertz CT molecular complexity index is 1130. The SMILES string of the molecule is Cn1ncc(C(=O)Nc2ccc(F)c(C3(C)CCSC(N)=N3)c2)c1-c1ccccc1. The van der Waals surface area contributed by atoms with E-state index in [-0.39, 0.29) is 11.7 Å². The molecule has 2 heterocycles. The predicted octanol–water partition coefficient (Wildman–Crippen LogP) is 4.15. The number of carbonyl (C=O) groups excluding carboxylic acids is 1. The summed E-state index contributed by atoms with van der Waals surface area (Å²) >= 11 is 1.46. The fourth-order valence-electron chi connectivity index (χ4n) is 3.64. The molecule has 1 aromatic heterocycles. The molecule has 1 aliphatic heterocycles. The van der Waals surface area contributed by atoms with Gasteiger partial charge in [0, 0.05) is 29.6 Å². The van der Waals surface area contributed by atoms with Crippen molar-refractivity contribution in [1.82, 2.24) is 9.78 Å². The average Bonchev–Trinajstić information content (AvgIpc) is 3.11. The number of nitrogens with two attached hydrogens (primary N) is 1. The molecule has 4 rings (SSSR count). The Kier molecular flexibility index (Phi) is 5.34. The number of aromatic nitrogens is 2. The molecular weight excluding hydrogens is 401 g/mol. The molecular formula is C22H22FN5OS. The largest absolute Gasteiger partial charge is 0.379 e. The van der Waals surface area contributed by atoms with Gasteiger partial charge in [0.1, 0.15) is 5.82 Å². The van der Waals surface area contributed by atoms with Crippen molar-refractivity contribution in [3.8, 4) is 11.3 Å². The molecule has 154 valence electrons. The highest BCUT2D eigenvalue weighted by Crippen LogP contribution is 2.37. The minimum atomic E-state index is -0.760. The zero-order valence-corrected chi connectivity index (χ0v) is 17.5. The number of amidine groups is 1. The molecule has 3 N–H and O–H groups in total. The van der Waals surface area contributed by atoms with Gasteiger partial charge in [-0.05, 0) is 31.5 Å². The van der Waals surface area contributed by atoms with E-state index in [2.05, 4.69) is 15.4 Å². The van der Waals surface area contributed by atoms with Gasteiger partial charge in [-0.3, -0.25) is 14.5 Å². The summed E-state index contributed by atoms with van der Waals surface area (Å²) in [5.74, 6) is 0.0787. The Labute approximate surface area is 178 Å². The van der Waals surface area contributed by atoms with E-state index in [1.165, 1.54) is 24.0 Å². The van der Waals surface area contributed by atoms with Crippen molar-refractivity contribution in [1.29, 1.82) is 0 Å². The Morgan fingerprint density at radius 3 is 2.77 bits per heavy atom. The standard InChI is InChI=1S/C22H22FN5OS/c1-22(10-11-30-21(24)27-22)17-12-15(8-9-18(17)23)26-20(29)16-13-25-28(2)19(16)14-6-4-3-5-7-14/h3-9,12-13H,10-11H2,1-2H3,(H2,24,27)(H,26,29). The summed E-state index contributed by atoms with van der Waals surface area (Å²) in [6.45, 7) is 1.86. The number of anilines is 1. The molecule has 0 saturated heterocycles. The number of nitrogens with one attached hydrogen (secondary N) is 1. The molecule has 0 bridgehead atoms. The van der Waals surface area contributed by atoms with E-state index in [1.54, 1.807) is 23.9 Å². The number of thioether (sulfide) groups is 1. The zero-order chi connectivity index (χ0) is 21.3. The van der Waals surface area contributed by atoms with Gasteiger partial charge in [0.15, 0.2) is 5.17 Å². The molecule has 0 saturated carbocycles. The lowest BCUT2D eigenvalue weighted by Gasteiger charge is -2.30. The number of aryl methyl sites for hydroxylation is 1. The molecule has 30 heavy (non-hydrogen) atoms.